The Balaban J connectivity index is 1.96. The van der Waals surface area contributed by atoms with E-state index in [1.807, 2.05) is 29.0 Å². The number of ether oxygens (including phenoxy) is 1. The maximum Gasteiger partial charge on any atom is 0.325 e. The van der Waals surface area contributed by atoms with Gasteiger partial charge in [-0.3, -0.25) is 9.59 Å². The Morgan fingerprint density at radius 3 is 3.00 bits per heavy atom. The van der Waals surface area contributed by atoms with Crippen LogP contribution in [0.2, 0.25) is 0 Å². The van der Waals surface area contributed by atoms with Crippen LogP contribution < -0.4 is 5.32 Å². The van der Waals surface area contributed by atoms with Gasteiger partial charge >= 0.3 is 5.97 Å². The highest BCUT2D eigenvalue weighted by molar-refractivity contribution is 5.87. The summed E-state index contributed by atoms with van der Waals surface area (Å²) in [6.07, 6.45) is 3.44. The first-order chi connectivity index (χ1) is 10.7. The van der Waals surface area contributed by atoms with Gasteiger partial charge in [0.05, 0.1) is 6.61 Å². The Morgan fingerprint density at radius 2 is 2.23 bits per heavy atom. The van der Waals surface area contributed by atoms with Crippen molar-refractivity contribution in [2.24, 2.45) is 0 Å². The summed E-state index contributed by atoms with van der Waals surface area (Å²) in [5.74, 6) is 0.0664. The average Bonchev–Trinajstić information content (AvgIpc) is 2.87. The molecule has 5 heteroatoms. The van der Waals surface area contributed by atoms with E-state index in [0.717, 1.165) is 22.9 Å². The number of rotatable bonds is 4. The van der Waals surface area contributed by atoms with Gasteiger partial charge in [0.1, 0.15) is 6.54 Å². The van der Waals surface area contributed by atoms with Crippen LogP contribution in [0.4, 0.5) is 0 Å². The minimum Gasteiger partial charge on any atom is -0.465 e. The van der Waals surface area contributed by atoms with Crippen molar-refractivity contribution in [2.45, 2.75) is 32.2 Å². The molecule has 0 radical (unpaired) electrons. The second-order valence-corrected chi connectivity index (χ2v) is 5.57. The lowest BCUT2D eigenvalue weighted by Crippen LogP contribution is -2.32. The number of amides is 1. The molecule has 0 aliphatic carbocycles. The van der Waals surface area contributed by atoms with Crippen LogP contribution in [0, 0.1) is 0 Å². The summed E-state index contributed by atoms with van der Waals surface area (Å²) in [5, 5.41) is 3.98. The van der Waals surface area contributed by atoms with Gasteiger partial charge in [0, 0.05) is 30.1 Å². The summed E-state index contributed by atoms with van der Waals surface area (Å²) >= 11 is 0. The quantitative estimate of drug-likeness (QED) is 0.881. The maximum absolute atomic E-state index is 11.8. The van der Waals surface area contributed by atoms with Crippen LogP contribution in [0.15, 0.2) is 30.5 Å². The number of hydrogen-bond acceptors (Lipinski definition) is 3. The Bertz CT molecular complexity index is 705. The number of piperidine rings is 1. The van der Waals surface area contributed by atoms with Crippen molar-refractivity contribution < 1.29 is 14.3 Å². The Labute approximate surface area is 129 Å². The molecule has 2 heterocycles. The third kappa shape index (κ3) is 2.84. The van der Waals surface area contributed by atoms with Gasteiger partial charge < -0.3 is 14.6 Å². The molecule has 1 unspecified atom stereocenters. The molecule has 1 aromatic heterocycles. The van der Waals surface area contributed by atoms with Crippen LogP contribution >= 0.6 is 0 Å². The third-order valence-corrected chi connectivity index (χ3v) is 4.11. The van der Waals surface area contributed by atoms with E-state index in [2.05, 4.69) is 11.4 Å². The third-order valence-electron chi connectivity index (χ3n) is 4.11. The Morgan fingerprint density at radius 1 is 1.41 bits per heavy atom. The molecule has 1 aliphatic rings. The molecule has 1 amide bonds. The van der Waals surface area contributed by atoms with E-state index in [9.17, 15) is 9.59 Å². The van der Waals surface area contributed by atoms with Gasteiger partial charge in [-0.1, -0.05) is 18.2 Å². The smallest absolute Gasteiger partial charge is 0.325 e. The van der Waals surface area contributed by atoms with Crippen LogP contribution in [0.1, 0.15) is 31.2 Å². The molecule has 1 fully saturated rings. The first-order valence-electron chi connectivity index (χ1n) is 7.69. The topological polar surface area (TPSA) is 60.3 Å². The van der Waals surface area contributed by atoms with Gasteiger partial charge in [-0.25, -0.2) is 0 Å². The lowest BCUT2D eigenvalue weighted by molar-refractivity contribution is -0.143. The zero-order valence-corrected chi connectivity index (χ0v) is 12.7. The van der Waals surface area contributed by atoms with Crippen molar-refractivity contribution in [1.29, 1.82) is 0 Å². The monoisotopic (exact) mass is 300 g/mol. The van der Waals surface area contributed by atoms with E-state index in [1.54, 1.807) is 6.92 Å². The number of benzene rings is 1. The average molecular weight is 300 g/mol. The van der Waals surface area contributed by atoms with E-state index in [-0.39, 0.29) is 24.3 Å². The van der Waals surface area contributed by atoms with Crippen molar-refractivity contribution in [3.05, 3.63) is 36.0 Å². The highest BCUT2D eigenvalue weighted by Gasteiger charge is 2.24. The van der Waals surface area contributed by atoms with Crippen LogP contribution in [0.3, 0.4) is 0 Å². The van der Waals surface area contributed by atoms with Gasteiger partial charge in [0.15, 0.2) is 0 Å². The summed E-state index contributed by atoms with van der Waals surface area (Å²) in [4.78, 5) is 23.4. The molecule has 0 saturated carbocycles. The lowest BCUT2D eigenvalue weighted by Gasteiger charge is -2.21. The highest BCUT2D eigenvalue weighted by atomic mass is 16.5. The molecule has 1 atom stereocenters. The van der Waals surface area contributed by atoms with Gasteiger partial charge in [-0.15, -0.1) is 0 Å². The number of para-hydroxylation sites is 1. The molecule has 1 aromatic carbocycles. The van der Waals surface area contributed by atoms with Crippen molar-refractivity contribution in [3.63, 3.8) is 0 Å². The molecule has 0 bridgehead atoms. The lowest BCUT2D eigenvalue weighted by atomic mass is 9.90. The van der Waals surface area contributed by atoms with Crippen LogP contribution in [-0.2, 0) is 20.9 Å². The van der Waals surface area contributed by atoms with Gasteiger partial charge in [0.2, 0.25) is 5.91 Å². The fraction of sp³-hybridized carbons (Fsp3) is 0.412. The number of carbonyl (C=O) groups is 2. The second kappa shape index (κ2) is 6.22. The minimum absolute atomic E-state index is 0.0958. The molecule has 5 nitrogen and oxygen atoms in total. The van der Waals surface area contributed by atoms with Gasteiger partial charge in [-0.2, -0.15) is 0 Å². The number of fused-ring (bicyclic) bond motifs is 1. The van der Waals surface area contributed by atoms with E-state index in [0.29, 0.717) is 19.6 Å². The minimum atomic E-state index is -0.240. The van der Waals surface area contributed by atoms with Gasteiger partial charge in [-0.05, 0) is 30.9 Å². The number of nitrogens with one attached hydrogen (secondary N) is 1. The van der Waals surface area contributed by atoms with E-state index in [4.69, 9.17) is 4.74 Å². The first-order valence-corrected chi connectivity index (χ1v) is 7.69. The molecule has 22 heavy (non-hydrogen) atoms. The van der Waals surface area contributed by atoms with Crippen molar-refractivity contribution in [3.8, 4) is 0 Å². The number of carbonyl (C=O) groups excluding carboxylic acids is 2. The summed E-state index contributed by atoms with van der Waals surface area (Å²) < 4.78 is 6.97. The predicted molar refractivity (Wildman–Crippen MR) is 83.6 cm³/mol. The van der Waals surface area contributed by atoms with Crippen molar-refractivity contribution in [1.82, 2.24) is 9.88 Å². The zero-order valence-electron chi connectivity index (χ0n) is 12.7. The van der Waals surface area contributed by atoms with Crippen molar-refractivity contribution in [2.75, 3.05) is 13.2 Å². The zero-order chi connectivity index (χ0) is 15.5. The van der Waals surface area contributed by atoms with E-state index >= 15 is 0 Å². The largest absolute Gasteiger partial charge is 0.465 e. The molecule has 116 valence electrons. The van der Waals surface area contributed by atoms with E-state index in [1.165, 1.54) is 0 Å². The summed E-state index contributed by atoms with van der Waals surface area (Å²) in [5.41, 5.74) is 2.16. The Kier molecular flexibility index (Phi) is 4.13. The fourth-order valence-electron chi connectivity index (χ4n) is 3.13. The van der Waals surface area contributed by atoms with E-state index < -0.39 is 0 Å². The molecular weight excluding hydrogens is 280 g/mol. The second-order valence-electron chi connectivity index (χ2n) is 5.57. The van der Waals surface area contributed by atoms with Gasteiger partial charge in [0.25, 0.3) is 0 Å². The molecule has 0 spiro atoms. The number of esters is 1. The summed E-state index contributed by atoms with van der Waals surface area (Å²) in [6, 6.07) is 8.00. The Hall–Kier alpha value is -2.30. The normalized spacial score (nSPS) is 18.2. The molecule has 1 saturated heterocycles. The summed E-state index contributed by atoms with van der Waals surface area (Å²) in [7, 11) is 0. The molecule has 2 aromatic rings. The fourth-order valence-corrected chi connectivity index (χ4v) is 3.13. The molecule has 3 rings (SSSR count). The summed E-state index contributed by atoms with van der Waals surface area (Å²) in [6.45, 7) is 3.10. The van der Waals surface area contributed by atoms with Crippen LogP contribution in [-0.4, -0.2) is 29.6 Å². The molecule has 1 N–H and O–H groups in total. The molecular formula is C17H20N2O3. The highest BCUT2D eigenvalue weighted by Crippen LogP contribution is 2.33. The number of hydrogen-bond donors (Lipinski definition) is 1. The van der Waals surface area contributed by atoms with Crippen LogP contribution in [0.5, 0.6) is 0 Å². The number of nitrogens with zero attached hydrogens (tertiary/aromatic N) is 1. The van der Waals surface area contributed by atoms with Crippen molar-refractivity contribution >= 4 is 22.8 Å². The predicted octanol–water partition coefficient (Wildman–Crippen LogP) is 2.20. The maximum atomic E-state index is 11.8. The van der Waals surface area contributed by atoms with Crippen LogP contribution in [0.25, 0.3) is 10.9 Å². The first kappa shape index (κ1) is 14.6. The standard InChI is InChI=1S/C17H20N2O3/c1-2-22-17(21)11-19-10-14(12-7-8-18-16(20)9-12)13-5-3-4-6-15(13)19/h3-6,10,12H,2,7-9,11H2,1H3,(H,18,20). The number of aromatic nitrogens is 1. The SMILES string of the molecule is CCOC(=O)Cn1cc(C2CCNC(=O)C2)c2ccccc21. The molecule has 1 aliphatic heterocycles.